The highest BCUT2D eigenvalue weighted by molar-refractivity contribution is 5.96. The van der Waals surface area contributed by atoms with E-state index < -0.39 is 0 Å². The van der Waals surface area contributed by atoms with Crippen LogP contribution in [0.1, 0.15) is 48.5 Å². The largest absolute Gasteiger partial charge is 0.502 e. The summed E-state index contributed by atoms with van der Waals surface area (Å²) in [5.74, 6) is 0.531. The van der Waals surface area contributed by atoms with Crippen LogP contribution in [-0.2, 0) is 0 Å². The van der Waals surface area contributed by atoms with E-state index in [0.717, 1.165) is 29.3 Å². The van der Waals surface area contributed by atoms with Crippen molar-refractivity contribution >= 4 is 22.4 Å². The number of phenolic OH excluding ortho intramolecular Hbond substituents is 1. The number of hydrogen-bond acceptors (Lipinski definition) is 6. The van der Waals surface area contributed by atoms with E-state index in [1.54, 1.807) is 17.0 Å². The monoisotopic (exact) mass is 479 g/mol. The van der Waals surface area contributed by atoms with Crippen molar-refractivity contribution in [2.75, 3.05) is 45.3 Å². The third kappa shape index (κ3) is 4.33. The number of aromatic hydroxyl groups is 2. The average molecular weight is 480 g/mol. The van der Waals surface area contributed by atoms with Gasteiger partial charge in [0.2, 0.25) is 5.75 Å². The Morgan fingerprint density at radius 3 is 2.20 bits per heavy atom. The number of methoxy groups -OCH3 is 2. The number of aromatic nitrogens is 1. The van der Waals surface area contributed by atoms with E-state index in [4.69, 9.17) is 9.47 Å². The summed E-state index contributed by atoms with van der Waals surface area (Å²) in [6.07, 6.45) is 8.05. The summed E-state index contributed by atoms with van der Waals surface area (Å²) in [5, 5.41) is 23.0. The van der Waals surface area contributed by atoms with Gasteiger partial charge in [0.15, 0.2) is 17.4 Å². The summed E-state index contributed by atoms with van der Waals surface area (Å²) in [6, 6.07) is 9.71. The van der Waals surface area contributed by atoms with Gasteiger partial charge in [0.05, 0.1) is 14.2 Å². The number of anilines is 1. The van der Waals surface area contributed by atoms with Gasteiger partial charge in [-0.05, 0) is 37.1 Å². The molecule has 8 heteroatoms. The number of fused-ring (bicyclic) bond motifs is 1. The van der Waals surface area contributed by atoms with Crippen molar-refractivity contribution in [2.45, 2.75) is 38.1 Å². The Bertz CT molecular complexity index is 1200. The van der Waals surface area contributed by atoms with Gasteiger partial charge < -0.3 is 34.1 Å². The number of amides is 1. The quantitative estimate of drug-likeness (QED) is 0.559. The summed E-state index contributed by atoms with van der Waals surface area (Å²) in [5.41, 5.74) is 1.47. The number of benzene rings is 2. The molecule has 1 aliphatic heterocycles. The second kappa shape index (κ2) is 9.60. The van der Waals surface area contributed by atoms with Crippen molar-refractivity contribution < 1.29 is 24.5 Å². The lowest BCUT2D eigenvalue weighted by Gasteiger charge is -2.36. The van der Waals surface area contributed by atoms with Crippen LogP contribution in [0.5, 0.6) is 23.1 Å². The number of hydrogen-bond donors (Lipinski definition) is 2. The molecule has 0 atom stereocenters. The van der Waals surface area contributed by atoms with Crippen molar-refractivity contribution in [3.8, 4) is 23.1 Å². The van der Waals surface area contributed by atoms with Crippen molar-refractivity contribution in [3.63, 3.8) is 0 Å². The van der Waals surface area contributed by atoms with Gasteiger partial charge in [0.25, 0.3) is 5.91 Å². The number of rotatable bonds is 5. The number of carbonyl (C=O) groups is 1. The summed E-state index contributed by atoms with van der Waals surface area (Å²) in [4.78, 5) is 17.2. The van der Waals surface area contributed by atoms with Gasteiger partial charge in [0.1, 0.15) is 0 Å². The molecular formula is C27H33N3O5. The van der Waals surface area contributed by atoms with Crippen LogP contribution in [0.15, 0.2) is 36.5 Å². The second-order valence-corrected chi connectivity index (χ2v) is 9.43. The number of piperazine rings is 1. The highest BCUT2D eigenvalue weighted by Crippen LogP contribution is 2.39. The van der Waals surface area contributed by atoms with Gasteiger partial charge in [0, 0.05) is 60.4 Å². The maximum atomic E-state index is 13.1. The molecule has 35 heavy (non-hydrogen) atoms. The lowest BCUT2D eigenvalue weighted by atomic mass is 9.95. The summed E-state index contributed by atoms with van der Waals surface area (Å²) >= 11 is 0. The van der Waals surface area contributed by atoms with Gasteiger partial charge in [-0.3, -0.25) is 4.79 Å². The lowest BCUT2D eigenvalue weighted by molar-refractivity contribution is 0.0746. The van der Waals surface area contributed by atoms with Crippen molar-refractivity contribution in [2.24, 2.45) is 0 Å². The van der Waals surface area contributed by atoms with Crippen molar-refractivity contribution in [1.29, 1.82) is 0 Å². The molecule has 1 amide bonds. The number of nitrogens with zero attached hydrogens (tertiary/aromatic N) is 3. The number of carbonyl (C=O) groups excluding carboxylic acids is 1. The molecule has 1 saturated heterocycles. The normalized spacial score (nSPS) is 17.1. The molecule has 1 aromatic heterocycles. The molecule has 0 unspecified atom stereocenters. The average Bonchev–Trinajstić information content (AvgIpc) is 3.24. The topological polar surface area (TPSA) is 87.4 Å². The molecule has 186 valence electrons. The molecule has 2 fully saturated rings. The Morgan fingerprint density at radius 2 is 1.57 bits per heavy atom. The van der Waals surface area contributed by atoms with Crippen LogP contribution >= 0.6 is 0 Å². The Kier molecular flexibility index (Phi) is 6.36. The minimum Gasteiger partial charge on any atom is -0.502 e. The zero-order chi connectivity index (χ0) is 24.5. The van der Waals surface area contributed by atoms with E-state index in [9.17, 15) is 15.0 Å². The number of ether oxygens (including phenoxy) is 2. The fourth-order valence-electron chi connectivity index (χ4n) is 5.40. The Balaban J connectivity index is 1.30. The lowest BCUT2D eigenvalue weighted by Crippen LogP contribution is -2.48. The van der Waals surface area contributed by atoms with Gasteiger partial charge in [-0.15, -0.1) is 0 Å². The maximum absolute atomic E-state index is 13.1. The third-order valence-corrected chi connectivity index (χ3v) is 7.43. The molecule has 1 aliphatic carbocycles. The first-order chi connectivity index (χ1) is 17.0. The van der Waals surface area contributed by atoms with Crippen LogP contribution in [0.3, 0.4) is 0 Å². The summed E-state index contributed by atoms with van der Waals surface area (Å²) in [6.45, 7) is 2.51. The first kappa shape index (κ1) is 23.2. The zero-order valence-corrected chi connectivity index (χ0v) is 20.4. The minimum absolute atomic E-state index is 0.118. The van der Waals surface area contributed by atoms with Gasteiger partial charge in [-0.2, -0.15) is 0 Å². The SMILES string of the molecule is COc1cc(C(=O)N2CCN(c3ccc4cn(C5CCCCC5)c(O)c4c3)CC2)cc(OC)c1O. The fraction of sp³-hybridized carbons (Fsp3) is 0.444. The van der Waals surface area contributed by atoms with E-state index in [1.807, 2.05) is 0 Å². The van der Waals surface area contributed by atoms with Gasteiger partial charge in [-0.1, -0.05) is 25.3 Å². The molecule has 5 rings (SSSR count). The smallest absolute Gasteiger partial charge is 0.254 e. The van der Waals surface area contributed by atoms with Crippen LogP contribution in [0.2, 0.25) is 0 Å². The molecule has 2 N–H and O–H groups in total. The standard InChI is InChI=1S/C27H33N3O5/c1-34-23-14-19(15-24(35-2)25(23)31)26(32)29-12-10-28(11-13-29)21-9-8-18-17-30(27(33)22(18)16-21)20-6-4-3-5-7-20/h8-9,14-17,20,31,33H,3-7,10-13H2,1-2H3. The first-order valence-corrected chi connectivity index (χ1v) is 12.3. The van der Waals surface area contributed by atoms with E-state index >= 15 is 0 Å². The molecule has 8 nitrogen and oxygen atoms in total. The molecule has 0 radical (unpaired) electrons. The predicted octanol–water partition coefficient (Wildman–Crippen LogP) is 4.54. The zero-order valence-electron chi connectivity index (χ0n) is 20.4. The molecule has 0 bridgehead atoms. The Morgan fingerprint density at radius 1 is 0.914 bits per heavy atom. The molecule has 2 heterocycles. The third-order valence-electron chi connectivity index (χ3n) is 7.43. The van der Waals surface area contributed by atoms with E-state index in [0.29, 0.717) is 43.7 Å². The van der Waals surface area contributed by atoms with E-state index in [-0.39, 0.29) is 23.2 Å². The Labute approximate surface area is 205 Å². The van der Waals surface area contributed by atoms with E-state index in [1.165, 1.54) is 33.5 Å². The van der Waals surface area contributed by atoms with Crippen LogP contribution in [-0.4, -0.2) is 66.0 Å². The molecule has 3 aromatic rings. The van der Waals surface area contributed by atoms with Crippen molar-refractivity contribution in [3.05, 3.63) is 42.1 Å². The summed E-state index contributed by atoms with van der Waals surface area (Å²) < 4.78 is 12.4. The second-order valence-electron chi connectivity index (χ2n) is 9.43. The van der Waals surface area contributed by atoms with Crippen LogP contribution in [0.4, 0.5) is 5.69 Å². The van der Waals surface area contributed by atoms with Crippen LogP contribution in [0.25, 0.3) is 10.8 Å². The van der Waals surface area contributed by atoms with Gasteiger partial charge in [-0.25, -0.2) is 0 Å². The minimum atomic E-state index is -0.126. The fourth-order valence-corrected chi connectivity index (χ4v) is 5.40. The molecule has 0 spiro atoms. The van der Waals surface area contributed by atoms with Crippen LogP contribution < -0.4 is 14.4 Å². The number of phenols is 1. The van der Waals surface area contributed by atoms with Gasteiger partial charge >= 0.3 is 0 Å². The van der Waals surface area contributed by atoms with Crippen molar-refractivity contribution in [1.82, 2.24) is 9.47 Å². The maximum Gasteiger partial charge on any atom is 0.254 e. The molecule has 2 aliphatic rings. The Hall–Kier alpha value is -3.55. The first-order valence-electron chi connectivity index (χ1n) is 12.3. The summed E-state index contributed by atoms with van der Waals surface area (Å²) in [7, 11) is 2.89. The predicted molar refractivity (Wildman–Crippen MR) is 135 cm³/mol. The highest BCUT2D eigenvalue weighted by Gasteiger charge is 2.25. The van der Waals surface area contributed by atoms with Crippen LogP contribution in [0, 0.1) is 0 Å². The molecular weight excluding hydrogens is 446 g/mol. The molecule has 2 aromatic carbocycles. The molecule has 1 saturated carbocycles. The van der Waals surface area contributed by atoms with E-state index in [2.05, 4.69) is 33.9 Å². The highest BCUT2D eigenvalue weighted by atomic mass is 16.5.